The standard InChI is InChI=1S/C45H62N2O6/c1-8-9-28-51-38-24-22-34(23-25-38)29-39(41(49)53-44(5,6)7)46-42(50)45(26-16-17-27-45)30-37(40(48)52-43(2,3)4)33-47(31-35-18-12-10-13-19-35)32-36-20-14-11-15-21-36/h10-15,18-25,37,39H,8-9,16-17,26-33H2,1-7H3,(H,46,50)/t37?,39-/m0/s1. The summed E-state index contributed by atoms with van der Waals surface area (Å²) in [5.74, 6) is -0.815. The molecule has 1 unspecified atom stereocenters. The van der Waals surface area contributed by atoms with Gasteiger partial charge in [-0.05, 0) is 96.0 Å². The van der Waals surface area contributed by atoms with Crippen LogP contribution in [0.3, 0.4) is 0 Å². The number of hydrogen-bond acceptors (Lipinski definition) is 7. The number of carbonyl (C=O) groups is 3. The molecule has 288 valence electrons. The number of unbranched alkanes of at least 4 members (excludes halogenated alkanes) is 1. The molecular formula is C45H62N2O6. The maximum absolute atomic E-state index is 14.6. The second-order valence-corrected chi connectivity index (χ2v) is 16.7. The van der Waals surface area contributed by atoms with Gasteiger partial charge in [-0.25, -0.2) is 4.79 Å². The number of nitrogens with zero attached hydrogens (tertiary/aromatic N) is 1. The summed E-state index contributed by atoms with van der Waals surface area (Å²) in [4.78, 5) is 44.7. The minimum Gasteiger partial charge on any atom is -0.494 e. The summed E-state index contributed by atoms with van der Waals surface area (Å²) >= 11 is 0. The molecule has 3 aromatic carbocycles. The summed E-state index contributed by atoms with van der Waals surface area (Å²) in [5, 5.41) is 3.14. The average Bonchev–Trinajstić information content (AvgIpc) is 3.58. The van der Waals surface area contributed by atoms with E-state index in [1.165, 1.54) is 0 Å². The normalized spacial score (nSPS) is 15.4. The number of hydrogen-bond donors (Lipinski definition) is 1. The smallest absolute Gasteiger partial charge is 0.329 e. The first kappa shape index (κ1) is 41.6. The van der Waals surface area contributed by atoms with Crippen molar-refractivity contribution in [1.29, 1.82) is 0 Å². The summed E-state index contributed by atoms with van der Waals surface area (Å²) in [7, 11) is 0. The van der Waals surface area contributed by atoms with Gasteiger partial charge in [0.2, 0.25) is 5.91 Å². The van der Waals surface area contributed by atoms with Gasteiger partial charge in [0.05, 0.1) is 17.9 Å². The van der Waals surface area contributed by atoms with E-state index in [1.54, 1.807) is 0 Å². The minimum atomic E-state index is -0.904. The molecule has 0 aromatic heterocycles. The van der Waals surface area contributed by atoms with Crippen LogP contribution >= 0.6 is 0 Å². The Balaban J connectivity index is 1.61. The van der Waals surface area contributed by atoms with Gasteiger partial charge in [-0.3, -0.25) is 14.5 Å². The molecular weight excluding hydrogens is 665 g/mol. The van der Waals surface area contributed by atoms with Gasteiger partial charge < -0.3 is 19.5 Å². The van der Waals surface area contributed by atoms with Crippen molar-refractivity contribution < 1.29 is 28.6 Å². The molecule has 1 fully saturated rings. The molecule has 1 amide bonds. The minimum absolute atomic E-state index is 0.211. The Hall–Kier alpha value is -4.17. The fourth-order valence-electron chi connectivity index (χ4n) is 7.00. The Labute approximate surface area is 318 Å². The summed E-state index contributed by atoms with van der Waals surface area (Å²) in [6.45, 7) is 15.6. The van der Waals surface area contributed by atoms with Gasteiger partial charge in [-0.1, -0.05) is 99.0 Å². The van der Waals surface area contributed by atoms with Gasteiger partial charge in [0.15, 0.2) is 0 Å². The van der Waals surface area contributed by atoms with E-state index >= 15 is 0 Å². The van der Waals surface area contributed by atoms with E-state index in [0.29, 0.717) is 45.5 Å². The lowest BCUT2D eigenvalue weighted by molar-refractivity contribution is -0.164. The lowest BCUT2D eigenvalue weighted by Gasteiger charge is -2.36. The lowest BCUT2D eigenvalue weighted by Crippen LogP contribution is -2.51. The Morgan fingerprint density at radius 3 is 1.77 bits per heavy atom. The molecule has 53 heavy (non-hydrogen) atoms. The van der Waals surface area contributed by atoms with Crippen LogP contribution in [0.1, 0.15) is 110 Å². The highest BCUT2D eigenvalue weighted by atomic mass is 16.6. The molecule has 0 bridgehead atoms. The van der Waals surface area contributed by atoms with Gasteiger partial charge in [0, 0.05) is 26.1 Å². The Morgan fingerprint density at radius 2 is 1.26 bits per heavy atom. The van der Waals surface area contributed by atoms with E-state index in [2.05, 4.69) is 41.4 Å². The van der Waals surface area contributed by atoms with Crippen molar-refractivity contribution in [3.8, 4) is 5.75 Å². The first-order valence-corrected chi connectivity index (χ1v) is 19.4. The zero-order valence-corrected chi connectivity index (χ0v) is 33.1. The number of ether oxygens (including phenoxy) is 3. The van der Waals surface area contributed by atoms with E-state index in [-0.39, 0.29) is 18.3 Å². The maximum Gasteiger partial charge on any atom is 0.329 e. The van der Waals surface area contributed by atoms with E-state index in [4.69, 9.17) is 14.2 Å². The highest BCUT2D eigenvalue weighted by Crippen LogP contribution is 2.44. The Morgan fingerprint density at radius 1 is 0.736 bits per heavy atom. The predicted molar refractivity (Wildman–Crippen MR) is 210 cm³/mol. The number of rotatable bonds is 18. The molecule has 3 aromatic rings. The van der Waals surface area contributed by atoms with Crippen molar-refractivity contribution >= 4 is 17.8 Å². The molecule has 0 radical (unpaired) electrons. The first-order valence-electron chi connectivity index (χ1n) is 19.4. The van der Waals surface area contributed by atoms with Crippen molar-refractivity contribution in [2.24, 2.45) is 11.3 Å². The van der Waals surface area contributed by atoms with Gasteiger partial charge in [0.25, 0.3) is 0 Å². The number of amides is 1. The first-order chi connectivity index (χ1) is 25.1. The zero-order chi connectivity index (χ0) is 38.5. The number of benzene rings is 3. The van der Waals surface area contributed by atoms with Crippen LogP contribution in [0.25, 0.3) is 0 Å². The molecule has 0 spiro atoms. The van der Waals surface area contributed by atoms with E-state index in [1.807, 2.05) is 102 Å². The zero-order valence-electron chi connectivity index (χ0n) is 33.1. The van der Waals surface area contributed by atoms with Crippen LogP contribution in [0.2, 0.25) is 0 Å². The number of carbonyl (C=O) groups excluding carboxylic acids is 3. The molecule has 0 aliphatic heterocycles. The van der Waals surface area contributed by atoms with Crippen molar-refractivity contribution in [3.63, 3.8) is 0 Å². The molecule has 1 saturated carbocycles. The molecule has 1 aliphatic carbocycles. The van der Waals surface area contributed by atoms with Crippen LogP contribution in [0.15, 0.2) is 84.9 Å². The molecule has 8 nitrogen and oxygen atoms in total. The van der Waals surface area contributed by atoms with E-state index in [0.717, 1.165) is 48.1 Å². The molecule has 1 N–H and O–H groups in total. The van der Waals surface area contributed by atoms with Gasteiger partial charge >= 0.3 is 11.9 Å². The Bertz CT molecular complexity index is 1530. The predicted octanol–water partition coefficient (Wildman–Crippen LogP) is 8.85. The van der Waals surface area contributed by atoms with Crippen molar-refractivity contribution in [2.45, 2.75) is 130 Å². The van der Waals surface area contributed by atoms with Crippen LogP contribution in [-0.4, -0.2) is 53.1 Å². The summed E-state index contributed by atoms with van der Waals surface area (Å²) in [6, 6.07) is 27.2. The number of nitrogens with one attached hydrogen (secondary N) is 1. The van der Waals surface area contributed by atoms with E-state index < -0.39 is 34.5 Å². The van der Waals surface area contributed by atoms with Gasteiger partial charge in [0.1, 0.15) is 23.0 Å². The Kier molecular flexibility index (Phi) is 15.1. The lowest BCUT2D eigenvalue weighted by atomic mass is 9.76. The maximum atomic E-state index is 14.6. The summed E-state index contributed by atoms with van der Waals surface area (Å²) in [5.41, 5.74) is 0.895. The quantitative estimate of drug-likeness (QED) is 0.103. The van der Waals surface area contributed by atoms with E-state index in [9.17, 15) is 14.4 Å². The van der Waals surface area contributed by atoms with Gasteiger partial charge in [-0.2, -0.15) is 0 Å². The summed E-state index contributed by atoms with van der Waals surface area (Å²) < 4.78 is 17.7. The topological polar surface area (TPSA) is 94.2 Å². The van der Waals surface area contributed by atoms with Crippen molar-refractivity contribution in [1.82, 2.24) is 10.2 Å². The fourth-order valence-corrected chi connectivity index (χ4v) is 7.00. The molecule has 1 aliphatic rings. The van der Waals surface area contributed by atoms with Crippen LogP contribution < -0.4 is 10.1 Å². The second-order valence-electron chi connectivity index (χ2n) is 16.7. The van der Waals surface area contributed by atoms with Crippen LogP contribution in [0.4, 0.5) is 0 Å². The van der Waals surface area contributed by atoms with Gasteiger partial charge in [-0.15, -0.1) is 0 Å². The third-order valence-corrected chi connectivity index (χ3v) is 9.52. The van der Waals surface area contributed by atoms with Crippen LogP contribution in [0, 0.1) is 11.3 Å². The molecule has 0 heterocycles. The molecule has 2 atom stereocenters. The highest BCUT2D eigenvalue weighted by molar-refractivity contribution is 5.89. The largest absolute Gasteiger partial charge is 0.494 e. The van der Waals surface area contributed by atoms with Crippen LogP contribution in [0.5, 0.6) is 5.75 Å². The highest BCUT2D eigenvalue weighted by Gasteiger charge is 2.46. The molecule has 0 saturated heterocycles. The second kappa shape index (κ2) is 19.2. The fraction of sp³-hybridized carbons (Fsp3) is 0.533. The number of esters is 2. The SMILES string of the molecule is CCCCOc1ccc(C[C@H](NC(=O)C2(CC(CN(Cc3ccccc3)Cc3ccccc3)C(=O)OC(C)(C)C)CCCC2)C(=O)OC(C)(C)C)cc1. The average molecular weight is 727 g/mol. The third kappa shape index (κ3) is 14.0. The third-order valence-electron chi connectivity index (χ3n) is 9.52. The monoisotopic (exact) mass is 726 g/mol. The summed E-state index contributed by atoms with van der Waals surface area (Å²) in [6.07, 6.45) is 5.59. The van der Waals surface area contributed by atoms with Crippen molar-refractivity contribution in [2.75, 3.05) is 13.2 Å². The molecule has 4 rings (SSSR count). The van der Waals surface area contributed by atoms with Crippen molar-refractivity contribution in [3.05, 3.63) is 102 Å². The molecule has 8 heteroatoms. The van der Waals surface area contributed by atoms with Crippen LogP contribution in [-0.2, 0) is 43.4 Å².